The van der Waals surface area contributed by atoms with Crippen molar-refractivity contribution in [2.75, 3.05) is 0 Å². The van der Waals surface area contributed by atoms with Crippen LogP contribution in [0.3, 0.4) is 0 Å². The molecule has 0 bridgehead atoms. The molecule has 1 aromatic heterocycles. The molecule has 17 heavy (non-hydrogen) atoms. The van der Waals surface area contributed by atoms with Crippen molar-refractivity contribution in [3.8, 4) is 16.2 Å². The number of halogens is 1. The molecule has 1 N–H and O–H groups in total. The molecule has 0 saturated carbocycles. The van der Waals surface area contributed by atoms with E-state index in [0.717, 1.165) is 26.6 Å². The van der Waals surface area contributed by atoms with E-state index in [0.29, 0.717) is 12.3 Å². The molecule has 2 nitrogen and oxygen atoms in total. The Labute approximate surface area is 102 Å². The van der Waals surface area contributed by atoms with Crippen molar-refractivity contribution < 1.29 is 9.13 Å². The van der Waals surface area contributed by atoms with E-state index in [4.69, 9.17) is 10.1 Å². The van der Waals surface area contributed by atoms with E-state index in [-0.39, 0.29) is 5.82 Å². The highest BCUT2D eigenvalue weighted by atomic mass is 32.1. The zero-order valence-electron chi connectivity index (χ0n) is 9.21. The van der Waals surface area contributed by atoms with E-state index in [1.807, 2.05) is 6.07 Å². The highest BCUT2D eigenvalue weighted by Crippen LogP contribution is 2.42. The smallest absolute Gasteiger partial charge is 0.128 e. The summed E-state index contributed by atoms with van der Waals surface area (Å²) in [4.78, 5) is 1.93. The van der Waals surface area contributed by atoms with Crippen LogP contribution in [-0.2, 0) is 6.61 Å². The SMILES string of the molecule is CC(=N)c1cc2c(s1)-c1cc(F)ccc1OC2. The fraction of sp³-hybridized carbons (Fsp3) is 0.154. The van der Waals surface area contributed by atoms with Crippen LogP contribution in [-0.4, -0.2) is 5.71 Å². The van der Waals surface area contributed by atoms with Crippen LogP contribution >= 0.6 is 11.3 Å². The summed E-state index contributed by atoms with van der Waals surface area (Å²) in [6, 6.07) is 6.51. The number of hydrogen-bond donors (Lipinski definition) is 1. The minimum Gasteiger partial charge on any atom is -0.488 e. The molecule has 2 aromatic rings. The molecule has 0 radical (unpaired) electrons. The third kappa shape index (κ3) is 1.65. The van der Waals surface area contributed by atoms with Gasteiger partial charge < -0.3 is 10.1 Å². The monoisotopic (exact) mass is 247 g/mol. The van der Waals surface area contributed by atoms with Crippen molar-refractivity contribution >= 4 is 17.0 Å². The minimum atomic E-state index is -0.262. The Bertz CT molecular complexity index is 618. The maximum atomic E-state index is 13.3. The molecule has 0 saturated heterocycles. The van der Waals surface area contributed by atoms with E-state index in [2.05, 4.69) is 0 Å². The lowest BCUT2D eigenvalue weighted by Gasteiger charge is -2.17. The van der Waals surface area contributed by atoms with Crippen molar-refractivity contribution in [2.24, 2.45) is 0 Å². The van der Waals surface area contributed by atoms with Gasteiger partial charge in [0.1, 0.15) is 18.2 Å². The van der Waals surface area contributed by atoms with Gasteiger partial charge in [-0.2, -0.15) is 0 Å². The summed E-state index contributed by atoms with van der Waals surface area (Å²) in [6.07, 6.45) is 0. The normalized spacial score (nSPS) is 12.6. The number of fused-ring (bicyclic) bond motifs is 3. The first kappa shape index (κ1) is 10.5. The predicted molar refractivity (Wildman–Crippen MR) is 66.5 cm³/mol. The molecule has 86 valence electrons. The van der Waals surface area contributed by atoms with Gasteiger partial charge in [-0.15, -0.1) is 11.3 Å². The lowest BCUT2D eigenvalue weighted by Crippen LogP contribution is -2.02. The largest absolute Gasteiger partial charge is 0.488 e. The molecule has 3 rings (SSSR count). The van der Waals surface area contributed by atoms with Crippen LogP contribution in [0.4, 0.5) is 4.39 Å². The van der Waals surface area contributed by atoms with E-state index < -0.39 is 0 Å². The fourth-order valence-corrected chi connectivity index (χ4v) is 3.00. The lowest BCUT2D eigenvalue weighted by molar-refractivity contribution is 0.302. The zero-order valence-corrected chi connectivity index (χ0v) is 10.0. The first-order valence-electron chi connectivity index (χ1n) is 5.26. The first-order chi connectivity index (χ1) is 8.15. The number of benzene rings is 1. The third-order valence-electron chi connectivity index (χ3n) is 2.75. The average molecular weight is 247 g/mol. The van der Waals surface area contributed by atoms with Crippen LogP contribution in [0.1, 0.15) is 17.4 Å². The number of rotatable bonds is 1. The Morgan fingerprint density at radius 3 is 3.00 bits per heavy atom. The van der Waals surface area contributed by atoms with Crippen molar-refractivity contribution in [2.45, 2.75) is 13.5 Å². The van der Waals surface area contributed by atoms with Crippen LogP contribution in [0.25, 0.3) is 10.4 Å². The highest BCUT2D eigenvalue weighted by molar-refractivity contribution is 7.17. The molecule has 0 spiro atoms. The number of nitrogens with one attached hydrogen (secondary N) is 1. The Morgan fingerprint density at radius 2 is 2.24 bits per heavy atom. The quantitative estimate of drug-likeness (QED) is 0.763. The lowest BCUT2D eigenvalue weighted by atomic mass is 10.1. The van der Waals surface area contributed by atoms with E-state index in [9.17, 15) is 4.39 Å². The molecule has 0 atom stereocenters. The summed E-state index contributed by atoms with van der Waals surface area (Å²) in [6.45, 7) is 2.25. The number of ether oxygens (including phenoxy) is 1. The van der Waals surface area contributed by atoms with Gasteiger partial charge in [-0.25, -0.2) is 4.39 Å². The fourth-order valence-electron chi connectivity index (χ4n) is 1.91. The van der Waals surface area contributed by atoms with Crippen molar-refractivity contribution in [1.82, 2.24) is 0 Å². The van der Waals surface area contributed by atoms with Gasteiger partial charge in [-0.05, 0) is 31.2 Å². The molecule has 1 aromatic carbocycles. The second kappa shape index (κ2) is 3.67. The molecular formula is C13H10FNOS. The molecule has 0 amide bonds. The Balaban J connectivity index is 2.21. The van der Waals surface area contributed by atoms with E-state index >= 15 is 0 Å². The van der Waals surface area contributed by atoms with Gasteiger partial charge >= 0.3 is 0 Å². The van der Waals surface area contributed by atoms with Crippen molar-refractivity contribution in [3.05, 3.63) is 40.5 Å². The molecule has 2 heterocycles. The number of hydrogen-bond acceptors (Lipinski definition) is 3. The average Bonchev–Trinajstić information content (AvgIpc) is 2.73. The van der Waals surface area contributed by atoms with Crippen LogP contribution < -0.4 is 4.74 Å². The minimum absolute atomic E-state index is 0.262. The van der Waals surface area contributed by atoms with Gasteiger partial charge in [-0.3, -0.25) is 0 Å². The molecule has 0 fully saturated rings. The van der Waals surface area contributed by atoms with Gasteiger partial charge in [0.2, 0.25) is 0 Å². The van der Waals surface area contributed by atoms with Crippen molar-refractivity contribution in [3.63, 3.8) is 0 Å². The van der Waals surface area contributed by atoms with Gasteiger partial charge in [0.15, 0.2) is 0 Å². The maximum absolute atomic E-state index is 13.3. The third-order valence-corrected chi connectivity index (χ3v) is 4.08. The van der Waals surface area contributed by atoms with Crippen LogP contribution in [0, 0.1) is 11.2 Å². The summed E-state index contributed by atoms with van der Waals surface area (Å²) in [7, 11) is 0. The predicted octanol–water partition coefficient (Wildman–Crippen LogP) is 3.83. The zero-order chi connectivity index (χ0) is 12.0. The maximum Gasteiger partial charge on any atom is 0.128 e. The summed E-state index contributed by atoms with van der Waals surface area (Å²) in [5, 5.41) is 7.64. The van der Waals surface area contributed by atoms with Gasteiger partial charge in [0.05, 0.1) is 0 Å². The Hall–Kier alpha value is -1.68. The first-order valence-corrected chi connectivity index (χ1v) is 6.08. The topological polar surface area (TPSA) is 33.1 Å². The van der Waals surface area contributed by atoms with Gasteiger partial charge in [0.25, 0.3) is 0 Å². The molecule has 4 heteroatoms. The van der Waals surface area contributed by atoms with Crippen LogP contribution in [0.5, 0.6) is 5.75 Å². The van der Waals surface area contributed by atoms with Crippen LogP contribution in [0.15, 0.2) is 24.3 Å². The molecule has 0 unspecified atom stereocenters. The standard InChI is InChI=1S/C13H10FNOS/c1-7(15)12-4-8-6-16-11-3-2-9(14)5-10(11)13(8)17-12/h2-5,15H,6H2,1H3. The number of thiophene rings is 1. The Morgan fingerprint density at radius 1 is 1.41 bits per heavy atom. The molecule has 0 aliphatic carbocycles. The summed E-state index contributed by atoms with van der Waals surface area (Å²) in [5.74, 6) is 0.455. The van der Waals surface area contributed by atoms with Gasteiger partial charge in [0, 0.05) is 26.6 Å². The second-order valence-electron chi connectivity index (χ2n) is 4.02. The molecule has 1 aliphatic heterocycles. The Kier molecular flexibility index (Phi) is 2.26. The van der Waals surface area contributed by atoms with Crippen LogP contribution in [0.2, 0.25) is 0 Å². The second-order valence-corrected chi connectivity index (χ2v) is 5.07. The van der Waals surface area contributed by atoms with E-state index in [1.165, 1.54) is 23.5 Å². The highest BCUT2D eigenvalue weighted by Gasteiger charge is 2.21. The van der Waals surface area contributed by atoms with Gasteiger partial charge in [-0.1, -0.05) is 0 Å². The summed E-state index contributed by atoms with van der Waals surface area (Å²) >= 11 is 1.52. The van der Waals surface area contributed by atoms with E-state index in [1.54, 1.807) is 13.0 Å². The molecule has 1 aliphatic rings. The molecular weight excluding hydrogens is 237 g/mol. The summed E-state index contributed by atoms with van der Waals surface area (Å²) in [5.41, 5.74) is 2.36. The summed E-state index contributed by atoms with van der Waals surface area (Å²) < 4.78 is 18.8. The van der Waals surface area contributed by atoms with Crippen molar-refractivity contribution in [1.29, 1.82) is 5.41 Å².